The molecule has 0 aliphatic carbocycles. The summed E-state index contributed by atoms with van der Waals surface area (Å²) in [6.45, 7) is 0. The molecular formula is C7H6N4O2S. The summed E-state index contributed by atoms with van der Waals surface area (Å²) in [6.07, 6.45) is 5.05. The summed E-state index contributed by atoms with van der Waals surface area (Å²) in [4.78, 5) is 7.37. The van der Waals surface area contributed by atoms with Crippen molar-refractivity contribution in [3.63, 3.8) is 0 Å². The van der Waals surface area contributed by atoms with Gasteiger partial charge in [0.1, 0.15) is 17.6 Å². The average molecular weight is 210 g/mol. The highest BCUT2D eigenvalue weighted by atomic mass is 32.2. The van der Waals surface area contributed by atoms with Crippen LogP contribution in [0, 0.1) is 0 Å². The molecule has 2 aromatic rings. The van der Waals surface area contributed by atoms with Gasteiger partial charge >= 0.3 is 0 Å². The quantitative estimate of drug-likeness (QED) is 0.692. The average Bonchev–Trinajstić information content (AvgIpc) is 2.72. The molecule has 2 aromatic heterocycles. The third kappa shape index (κ3) is 1.37. The Morgan fingerprint density at radius 3 is 2.71 bits per heavy atom. The standard InChI is InChI=1S/C7H6N4O2S/c12-14(13,11-6-9-5-10-11)7-2-1-3-8-4-7/h1-6H. The van der Waals surface area contributed by atoms with E-state index in [1.807, 2.05) is 0 Å². The Hall–Kier alpha value is -1.76. The van der Waals surface area contributed by atoms with Crippen LogP contribution in [0.1, 0.15) is 0 Å². The van der Waals surface area contributed by atoms with Crippen molar-refractivity contribution in [1.29, 1.82) is 0 Å². The van der Waals surface area contributed by atoms with E-state index < -0.39 is 10.0 Å². The molecule has 0 spiro atoms. The molecule has 0 aliphatic rings. The molecule has 2 rings (SSSR count). The first-order chi connectivity index (χ1) is 6.71. The molecule has 0 unspecified atom stereocenters. The van der Waals surface area contributed by atoms with Gasteiger partial charge in [-0.2, -0.15) is 8.42 Å². The monoisotopic (exact) mass is 210 g/mol. The Morgan fingerprint density at radius 1 is 1.29 bits per heavy atom. The molecule has 0 saturated heterocycles. The molecule has 0 bridgehead atoms. The molecule has 0 radical (unpaired) electrons. The van der Waals surface area contributed by atoms with Crippen LogP contribution in [0.15, 0.2) is 42.1 Å². The highest BCUT2D eigenvalue weighted by Crippen LogP contribution is 2.08. The maximum Gasteiger partial charge on any atom is 0.285 e. The van der Waals surface area contributed by atoms with E-state index in [-0.39, 0.29) is 4.90 Å². The van der Waals surface area contributed by atoms with Crippen molar-refractivity contribution in [1.82, 2.24) is 19.2 Å². The van der Waals surface area contributed by atoms with E-state index in [4.69, 9.17) is 0 Å². The number of nitrogens with zero attached hydrogens (tertiary/aromatic N) is 4. The zero-order valence-electron chi connectivity index (χ0n) is 6.98. The van der Waals surface area contributed by atoms with Gasteiger partial charge in [0.2, 0.25) is 0 Å². The van der Waals surface area contributed by atoms with Crippen molar-refractivity contribution >= 4 is 10.0 Å². The first kappa shape index (κ1) is 8.82. The molecule has 0 atom stereocenters. The largest absolute Gasteiger partial charge is 0.285 e. The summed E-state index contributed by atoms with van der Waals surface area (Å²) in [5, 5.41) is 3.55. The van der Waals surface area contributed by atoms with Gasteiger partial charge in [-0.1, -0.05) is 0 Å². The second kappa shape index (κ2) is 3.18. The smallest absolute Gasteiger partial charge is 0.263 e. The van der Waals surface area contributed by atoms with E-state index in [0.29, 0.717) is 0 Å². The van der Waals surface area contributed by atoms with Gasteiger partial charge in [-0.15, -0.1) is 9.19 Å². The lowest BCUT2D eigenvalue weighted by Gasteiger charge is -2.01. The van der Waals surface area contributed by atoms with Gasteiger partial charge in [0.05, 0.1) is 0 Å². The lowest BCUT2D eigenvalue weighted by atomic mass is 10.5. The Morgan fingerprint density at radius 2 is 2.14 bits per heavy atom. The van der Waals surface area contributed by atoms with Crippen LogP contribution in [-0.2, 0) is 10.0 Å². The van der Waals surface area contributed by atoms with E-state index in [1.165, 1.54) is 18.5 Å². The fourth-order valence-electron chi connectivity index (χ4n) is 0.929. The van der Waals surface area contributed by atoms with Gasteiger partial charge < -0.3 is 0 Å². The molecule has 0 aromatic carbocycles. The van der Waals surface area contributed by atoms with Crippen molar-refractivity contribution in [3.05, 3.63) is 37.2 Å². The molecule has 0 amide bonds. The van der Waals surface area contributed by atoms with Gasteiger partial charge in [0, 0.05) is 12.4 Å². The van der Waals surface area contributed by atoms with Gasteiger partial charge in [0.25, 0.3) is 10.0 Å². The van der Waals surface area contributed by atoms with Crippen molar-refractivity contribution in [2.75, 3.05) is 0 Å². The number of pyridine rings is 1. The highest BCUT2D eigenvalue weighted by Gasteiger charge is 2.16. The van der Waals surface area contributed by atoms with Crippen LogP contribution < -0.4 is 0 Å². The maximum atomic E-state index is 11.7. The predicted molar refractivity (Wildman–Crippen MR) is 46.8 cm³/mol. The highest BCUT2D eigenvalue weighted by molar-refractivity contribution is 7.89. The topological polar surface area (TPSA) is 77.7 Å². The zero-order chi connectivity index (χ0) is 10.0. The molecule has 6 nitrogen and oxygen atoms in total. The summed E-state index contributed by atoms with van der Waals surface area (Å²) < 4.78 is 24.2. The van der Waals surface area contributed by atoms with Gasteiger partial charge in [-0.3, -0.25) is 4.98 Å². The summed E-state index contributed by atoms with van der Waals surface area (Å²) in [7, 11) is -3.62. The van der Waals surface area contributed by atoms with E-state index in [2.05, 4.69) is 15.1 Å². The van der Waals surface area contributed by atoms with Crippen molar-refractivity contribution in [2.45, 2.75) is 4.90 Å². The number of rotatable bonds is 2. The van der Waals surface area contributed by atoms with E-state index in [0.717, 1.165) is 16.7 Å². The van der Waals surface area contributed by atoms with Crippen LogP contribution >= 0.6 is 0 Å². The first-order valence-corrected chi connectivity index (χ1v) is 5.15. The Balaban J connectivity index is 2.55. The van der Waals surface area contributed by atoms with Crippen LogP contribution in [-0.4, -0.2) is 27.6 Å². The zero-order valence-corrected chi connectivity index (χ0v) is 7.79. The van der Waals surface area contributed by atoms with E-state index in [1.54, 1.807) is 6.07 Å². The molecule has 7 heteroatoms. The minimum atomic E-state index is -3.62. The Kier molecular flexibility index (Phi) is 2.01. The second-order valence-electron chi connectivity index (χ2n) is 2.46. The van der Waals surface area contributed by atoms with Crippen LogP contribution in [0.4, 0.5) is 0 Å². The van der Waals surface area contributed by atoms with Crippen molar-refractivity contribution in [2.24, 2.45) is 0 Å². The normalized spacial score (nSPS) is 11.4. The number of aromatic nitrogens is 4. The molecule has 14 heavy (non-hydrogen) atoms. The number of hydrogen-bond donors (Lipinski definition) is 0. The molecule has 0 aliphatic heterocycles. The second-order valence-corrected chi connectivity index (χ2v) is 4.26. The summed E-state index contributed by atoms with van der Waals surface area (Å²) in [5.74, 6) is 0. The first-order valence-electron chi connectivity index (χ1n) is 3.71. The molecule has 0 fully saturated rings. The van der Waals surface area contributed by atoms with Crippen LogP contribution in [0.25, 0.3) is 0 Å². The SMILES string of the molecule is O=S(=O)(c1cccnc1)n1cncn1. The van der Waals surface area contributed by atoms with Gasteiger partial charge in [-0.05, 0) is 12.1 Å². The van der Waals surface area contributed by atoms with Gasteiger partial charge in [-0.25, -0.2) is 4.98 Å². The van der Waals surface area contributed by atoms with Crippen LogP contribution in [0.3, 0.4) is 0 Å². The molecule has 2 heterocycles. The third-order valence-electron chi connectivity index (χ3n) is 1.58. The predicted octanol–water partition coefficient (Wildman–Crippen LogP) is -0.0899. The Bertz CT molecular complexity index is 506. The minimum Gasteiger partial charge on any atom is -0.263 e. The van der Waals surface area contributed by atoms with Crippen molar-refractivity contribution < 1.29 is 8.42 Å². The number of hydrogen-bond acceptors (Lipinski definition) is 5. The lowest BCUT2D eigenvalue weighted by Crippen LogP contribution is -2.13. The molecule has 72 valence electrons. The van der Waals surface area contributed by atoms with Crippen LogP contribution in [0.2, 0.25) is 0 Å². The molecule has 0 saturated carbocycles. The molecular weight excluding hydrogens is 204 g/mol. The lowest BCUT2D eigenvalue weighted by molar-refractivity contribution is 0.579. The minimum absolute atomic E-state index is 0.0884. The summed E-state index contributed by atoms with van der Waals surface area (Å²) in [5.41, 5.74) is 0. The maximum absolute atomic E-state index is 11.7. The van der Waals surface area contributed by atoms with E-state index >= 15 is 0 Å². The third-order valence-corrected chi connectivity index (χ3v) is 3.09. The van der Waals surface area contributed by atoms with Crippen molar-refractivity contribution in [3.8, 4) is 0 Å². The summed E-state index contributed by atoms with van der Waals surface area (Å²) >= 11 is 0. The summed E-state index contributed by atoms with van der Waals surface area (Å²) in [6, 6.07) is 2.99. The molecule has 0 N–H and O–H groups in total. The fraction of sp³-hybridized carbons (Fsp3) is 0. The Labute approximate surface area is 80.3 Å². The van der Waals surface area contributed by atoms with Gasteiger partial charge in [0.15, 0.2) is 0 Å². The fourth-order valence-corrected chi connectivity index (χ4v) is 1.93. The van der Waals surface area contributed by atoms with Crippen LogP contribution in [0.5, 0.6) is 0 Å². The van der Waals surface area contributed by atoms with E-state index in [9.17, 15) is 8.42 Å².